The number of benzene rings is 3. The van der Waals surface area contributed by atoms with E-state index in [1.54, 1.807) is 6.21 Å². The van der Waals surface area contributed by atoms with E-state index in [1.807, 2.05) is 60.7 Å². The summed E-state index contributed by atoms with van der Waals surface area (Å²) < 4.78 is 6.13. The molecule has 2 aliphatic carbocycles. The minimum Gasteiger partial charge on any atom is -0.488 e. The number of imide groups is 1. The van der Waals surface area contributed by atoms with Gasteiger partial charge in [-0.3, -0.25) is 9.59 Å². The first-order valence-electron chi connectivity index (χ1n) is 11.1. The quantitative estimate of drug-likeness (QED) is 0.300. The number of rotatable bonds is 5. The largest absolute Gasteiger partial charge is 0.488 e. The fourth-order valence-corrected chi connectivity index (χ4v) is 5.52. The second kappa shape index (κ2) is 7.85. The van der Waals surface area contributed by atoms with Crippen molar-refractivity contribution in [2.24, 2.45) is 28.8 Å². The van der Waals surface area contributed by atoms with Crippen LogP contribution in [0.15, 0.2) is 77.9 Å². The Morgan fingerprint density at radius 1 is 0.939 bits per heavy atom. The third-order valence-corrected chi connectivity index (χ3v) is 7.24. The van der Waals surface area contributed by atoms with Crippen molar-refractivity contribution in [2.75, 3.05) is 0 Å². The number of fused-ring (bicyclic) bond motifs is 6. The molecule has 5 nitrogen and oxygen atoms in total. The van der Waals surface area contributed by atoms with Crippen LogP contribution in [-0.4, -0.2) is 23.0 Å². The van der Waals surface area contributed by atoms with Crippen LogP contribution >= 0.6 is 11.6 Å². The average Bonchev–Trinajstić information content (AvgIpc) is 3.52. The van der Waals surface area contributed by atoms with Gasteiger partial charge in [0, 0.05) is 10.6 Å². The zero-order valence-corrected chi connectivity index (χ0v) is 18.5. The predicted octanol–water partition coefficient (Wildman–Crippen LogP) is 5.21. The first kappa shape index (κ1) is 20.2. The summed E-state index contributed by atoms with van der Waals surface area (Å²) >= 11 is 5.98. The Hall–Kier alpha value is -3.44. The van der Waals surface area contributed by atoms with Gasteiger partial charge in [0.2, 0.25) is 0 Å². The standard InChI is InChI=1S/C27H21ClN2O3/c28-20-10-5-16(6-11-20)15-33-23-12-9-17-3-1-2-4-21(17)22(23)14-29-30-26(31)24-18-7-8-19(13-18)25(24)27(30)32/h1-12,14,18-19,24-25H,13,15H2/t18-,19+,24-,25-/m0/s1. The van der Waals surface area contributed by atoms with Gasteiger partial charge in [0.1, 0.15) is 12.4 Å². The van der Waals surface area contributed by atoms with E-state index in [9.17, 15) is 9.59 Å². The van der Waals surface area contributed by atoms with Crippen LogP contribution in [-0.2, 0) is 16.2 Å². The normalized spacial score (nSPS) is 25.5. The van der Waals surface area contributed by atoms with Gasteiger partial charge in [0.15, 0.2) is 0 Å². The summed E-state index contributed by atoms with van der Waals surface area (Å²) in [7, 11) is 0. The Balaban J connectivity index is 1.32. The van der Waals surface area contributed by atoms with E-state index in [0.717, 1.165) is 33.3 Å². The number of hydrazone groups is 1. The number of halogens is 1. The van der Waals surface area contributed by atoms with E-state index >= 15 is 0 Å². The molecule has 0 spiro atoms. The van der Waals surface area contributed by atoms with E-state index in [4.69, 9.17) is 16.3 Å². The summed E-state index contributed by atoms with van der Waals surface area (Å²) in [4.78, 5) is 26.0. The minimum absolute atomic E-state index is 0.160. The Bertz CT molecular complexity index is 1300. The molecular weight excluding hydrogens is 436 g/mol. The van der Waals surface area contributed by atoms with Gasteiger partial charge in [0.25, 0.3) is 11.8 Å². The van der Waals surface area contributed by atoms with E-state index < -0.39 is 0 Å². The van der Waals surface area contributed by atoms with Crippen LogP contribution in [0.4, 0.5) is 0 Å². The van der Waals surface area contributed by atoms with Gasteiger partial charge in [-0.1, -0.05) is 66.2 Å². The summed E-state index contributed by atoms with van der Waals surface area (Å²) in [5.74, 6) is 0.0351. The Kier molecular flexibility index (Phi) is 4.80. The topological polar surface area (TPSA) is 59.0 Å². The number of allylic oxidation sites excluding steroid dienone is 2. The molecule has 1 saturated carbocycles. The zero-order chi connectivity index (χ0) is 22.5. The lowest BCUT2D eigenvalue weighted by atomic mass is 9.85. The smallest absolute Gasteiger partial charge is 0.254 e. The molecule has 6 heteroatoms. The Labute approximate surface area is 196 Å². The number of ether oxygens (including phenoxy) is 1. The van der Waals surface area contributed by atoms with E-state index in [1.165, 1.54) is 0 Å². The summed E-state index contributed by atoms with van der Waals surface area (Å²) in [5, 5.41) is 8.11. The van der Waals surface area contributed by atoms with Crippen LogP contribution in [0, 0.1) is 23.7 Å². The van der Waals surface area contributed by atoms with Crippen LogP contribution in [0.2, 0.25) is 5.02 Å². The molecule has 0 aromatic heterocycles. The molecule has 2 amide bonds. The highest BCUT2D eigenvalue weighted by molar-refractivity contribution is 6.30. The number of amides is 2. The molecule has 3 aromatic rings. The van der Waals surface area contributed by atoms with Crippen LogP contribution in [0.3, 0.4) is 0 Å². The van der Waals surface area contributed by atoms with Crippen molar-refractivity contribution in [2.45, 2.75) is 13.0 Å². The summed E-state index contributed by atoms with van der Waals surface area (Å²) in [6.07, 6.45) is 6.65. The van der Waals surface area contributed by atoms with Crippen molar-refractivity contribution < 1.29 is 14.3 Å². The van der Waals surface area contributed by atoms with Crippen molar-refractivity contribution in [3.8, 4) is 5.75 Å². The molecule has 2 bridgehead atoms. The number of carbonyl (C=O) groups is 2. The number of hydrogen-bond acceptors (Lipinski definition) is 4. The molecular formula is C27H21ClN2O3. The maximum atomic E-state index is 13.0. The van der Waals surface area contributed by atoms with E-state index in [0.29, 0.717) is 17.4 Å². The van der Waals surface area contributed by atoms with Crippen LogP contribution in [0.5, 0.6) is 5.75 Å². The van der Waals surface area contributed by atoms with Gasteiger partial charge >= 0.3 is 0 Å². The second-order valence-electron chi connectivity index (χ2n) is 8.85. The lowest BCUT2D eigenvalue weighted by Gasteiger charge is -2.14. The highest BCUT2D eigenvalue weighted by Gasteiger charge is 2.59. The second-order valence-corrected chi connectivity index (χ2v) is 9.28. The average molecular weight is 457 g/mol. The van der Waals surface area contributed by atoms with Gasteiger partial charge in [-0.25, -0.2) is 0 Å². The maximum absolute atomic E-state index is 13.0. The van der Waals surface area contributed by atoms with Crippen molar-refractivity contribution in [1.82, 2.24) is 5.01 Å². The highest BCUT2D eigenvalue weighted by atomic mass is 35.5. The van der Waals surface area contributed by atoms with Gasteiger partial charge in [0.05, 0.1) is 18.1 Å². The fraction of sp³-hybridized carbons (Fsp3) is 0.222. The van der Waals surface area contributed by atoms with Crippen LogP contribution < -0.4 is 4.74 Å². The molecule has 1 saturated heterocycles. The molecule has 0 radical (unpaired) electrons. The molecule has 3 aromatic carbocycles. The van der Waals surface area contributed by atoms with Crippen molar-refractivity contribution in [3.05, 3.63) is 89.0 Å². The van der Waals surface area contributed by atoms with Crippen LogP contribution in [0.25, 0.3) is 10.8 Å². The van der Waals surface area contributed by atoms with Gasteiger partial charge < -0.3 is 4.74 Å². The SMILES string of the molecule is O=C1[C@@H]2[C@@H](C(=O)N1N=Cc1c(OCc3ccc(Cl)cc3)ccc3ccccc13)[C@H]1C=C[C@@H]2C1. The Morgan fingerprint density at radius 3 is 2.36 bits per heavy atom. The molecule has 6 rings (SSSR count). The summed E-state index contributed by atoms with van der Waals surface area (Å²) in [6, 6.07) is 19.3. The third-order valence-electron chi connectivity index (χ3n) is 6.99. The molecule has 33 heavy (non-hydrogen) atoms. The molecule has 2 fully saturated rings. The molecule has 0 unspecified atom stereocenters. The van der Waals surface area contributed by atoms with Crippen molar-refractivity contribution in [3.63, 3.8) is 0 Å². The first-order chi connectivity index (χ1) is 16.1. The van der Waals surface area contributed by atoms with Gasteiger partial charge in [-0.15, -0.1) is 0 Å². The monoisotopic (exact) mass is 456 g/mol. The predicted molar refractivity (Wildman–Crippen MR) is 127 cm³/mol. The number of hydrogen-bond donors (Lipinski definition) is 0. The van der Waals surface area contributed by atoms with E-state index in [2.05, 4.69) is 17.3 Å². The van der Waals surface area contributed by atoms with Crippen LogP contribution in [0.1, 0.15) is 17.5 Å². The third kappa shape index (κ3) is 3.35. The van der Waals surface area contributed by atoms with Crippen molar-refractivity contribution in [1.29, 1.82) is 0 Å². The molecule has 1 aliphatic heterocycles. The zero-order valence-electron chi connectivity index (χ0n) is 17.7. The first-order valence-corrected chi connectivity index (χ1v) is 11.5. The molecule has 3 aliphatic rings. The molecule has 0 N–H and O–H groups in total. The number of nitrogens with zero attached hydrogens (tertiary/aromatic N) is 2. The van der Waals surface area contributed by atoms with E-state index in [-0.39, 0.29) is 35.5 Å². The highest BCUT2D eigenvalue weighted by Crippen LogP contribution is 2.52. The molecule has 164 valence electrons. The summed E-state index contributed by atoms with van der Waals surface area (Å²) in [6.45, 7) is 0.358. The lowest BCUT2D eigenvalue weighted by molar-refractivity contribution is -0.140. The molecule has 1 heterocycles. The number of carbonyl (C=O) groups excluding carboxylic acids is 2. The summed E-state index contributed by atoms with van der Waals surface area (Å²) in [5.41, 5.74) is 1.72. The Morgan fingerprint density at radius 2 is 1.64 bits per heavy atom. The van der Waals surface area contributed by atoms with Crippen molar-refractivity contribution >= 4 is 40.4 Å². The minimum atomic E-state index is -0.266. The lowest BCUT2D eigenvalue weighted by Crippen LogP contribution is -2.28. The maximum Gasteiger partial charge on any atom is 0.254 e. The van der Waals surface area contributed by atoms with Gasteiger partial charge in [-0.2, -0.15) is 10.1 Å². The fourth-order valence-electron chi connectivity index (χ4n) is 5.39. The van der Waals surface area contributed by atoms with Gasteiger partial charge in [-0.05, 0) is 52.8 Å². The molecule has 4 atom stereocenters.